The monoisotopic (exact) mass is 725 g/mol. The van der Waals surface area contributed by atoms with Gasteiger partial charge in [0, 0.05) is 49.7 Å². The van der Waals surface area contributed by atoms with Gasteiger partial charge < -0.3 is 23.8 Å². The molecule has 2 bridgehead atoms. The largest absolute Gasteiger partial charge is 0.468 e. The summed E-state index contributed by atoms with van der Waals surface area (Å²) in [7, 11) is 1.54. The molecule has 278 valence electrons. The lowest BCUT2D eigenvalue weighted by molar-refractivity contribution is 0.0122. The van der Waals surface area contributed by atoms with Crippen LogP contribution in [0.15, 0.2) is 42.5 Å². The molecule has 4 aliphatic heterocycles. The lowest BCUT2D eigenvalue weighted by Gasteiger charge is -2.42. The van der Waals surface area contributed by atoms with Gasteiger partial charge in [-0.1, -0.05) is 30.2 Å². The highest BCUT2D eigenvalue weighted by molar-refractivity contribution is 6.03. The molecule has 1 aromatic heterocycles. The number of nitrogens with zero attached hydrogens (tertiary/aromatic N) is 5. The van der Waals surface area contributed by atoms with E-state index in [-0.39, 0.29) is 48.7 Å². The van der Waals surface area contributed by atoms with E-state index in [0.717, 1.165) is 43.0 Å². The van der Waals surface area contributed by atoms with Crippen molar-refractivity contribution in [3.05, 3.63) is 53.8 Å². The Kier molecular flexibility index (Phi) is 9.06. The number of terminal acetylenes is 1. The highest BCUT2D eigenvalue weighted by Gasteiger charge is 2.50. The molecule has 0 spiro atoms. The van der Waals surface area contributed by atoms with Crippen LogP contribution in [0.5, 0.6) is 11.8 Å². The number of carbonyl (C=O) groups is 1. The molecule has 4 fully saturated rings. The molecule has 5 heterocycles. The molecule has 4 saturated heterocycles. The third-order valence-electron chi connectivity index (χ3n) is 11.1. The van der Waals surface area contributed by atoms with Crippen LogP contribution < -0.4 is 14.4 Å². The van der Waals surface area contributed by atoms with Crippen LogP contribution in [-0.2, 0) is 9.47 Å². The van der Waals surface area contributed by atoms with Crippen LogP contribution in [0.3, 0.4) is 0 Å². The summed E-state index contributed by atoms with van der Waals surface area (Å²) in [5.74, 6) is 3.10. The zero-order valence-electron chi connectivity index (χ0n) is 30.7. The highest BCUT2D eigenvalue weighted by Crippen LogP contribution is 2.44. The Morgan fingerprint density at radius 3 is 2.57 bits per heavy atom. The molecule has 3 aromatic carbocycles. The first-order valence-electron chi connectivity index (χ1n) is 18.4. The molecule has 4 aliphatic rings. The molecular weight excluding hydrogens is 680 g/mol. The number of ether oxygens (including phenoxy) is 4. The van der Waals surface area contributed by atoms with Crippen molar-refractivity contribution in [2.75, 3.05) is 51.6 Å². The summed E-state index contributed by atoms with van der Waals surface area (Å²) in [6.45, 7) is 7.90. The van der Waals surface area contributed by atoms with Gasteiger partial charge in [0.25, 0.3) is 0 Å². The summed E-state index contributed by atoms with van der Waals surface area (Å²) in [5.41, 5.74) is 0.0754. The van der Waals surface area contributed by atoms with Crippen molar-refractivity contribution in [1.82, 2.24) is 19.8 Å². The van der Waals surface area contributed by atoms with Gasteiger partial charge in [0.1, 0.15) is 35.5 Å². The first-order valence-corrected chi connectivity index (χ1v) is 18.4. The standard InChI is InChI=1S/C41H45F2N5O5/c1-6-25-17-33-36(35(43)34(25)32-18-30(52-24-50-5)16-26-10-7-8-11-31(26)32)44-38(51-23-41-14-9-15-47(41)20-27(42)19-41)45-37(33)46-21-28-12-13-29(22-46)48(28)39(49)53-40(2,3)4/h1,7-8,10-11,16-18,27-29H,9,12-15,19-24H2,2-5H3/t27-,28?,29?,41+/m1/s1. The van der Waals surface area contributed by atoms with Crippen LogP contribution in [0.25, 0.3) is 32.8 Å². The number of hydrogen-bond donors (Lipinski definition) is 0. The Labute approximate surface area is 308 Å². The normalized spacial score (nSPS) is 24.1. The van der Waals surface area contributed by atoms with Gasteiger partial charge in [0.15, 0.2) is 12.6 Å². The zero-order valence-corrected chi connectivity index (χ0v) is 30.7. The molecule has 2 unspecified atom stereocenters. The topological polar surface area (TPSA) is 89.5 Å². The van der Waals surface area contributed by atoms with E-state index < -0.39 is 23.1 Å². The summed E-state index contributed by atoms with van der Waals surface area (Å²) in [6.07, 6.45) is 8.65. The van der Waals surface area contributed by atoms with Gasteiger partial charge in [-0.25, -0.2) is 13.6 Å². The summed E-state index contributed by atoms with van der Waals surface area (Å²) >= 11 is 0. The number of carbonyl (C=O) groups excluding carboxylic acids is 1. The van der Waals surface area contributed by atoms with E-state index in [1.54, 1.807) is 12.1 Å². The van der Waals surface area contributed by atoms with Crippen molar-refractivity contribution in [2.45, 2.75) is 82.3 Å². The predicted octanol–water partition coefficient (Wildman–Crippen LogP) is 7.10. The number of hydrogen-bond acceptors (Lipinski definition) is 9. The minimum Gasteiger partial charge on any atom is -0.468 e. The highest BCUT2D eigenvalue weighted by atomic mass is 19.1. The lowest BCUT2D eigenvalue weighted by Crippen LogP contribution is -2.57. The summed E-state index contributed by atoms with van der Waals surface area (Å²) in [6, 6.07) is 12.8. The molecule has 0 aliphatic carbocycles. The van der Waals surface area contributed by atoms with E-state index in [1.165, 1.54) is 7.11 Å². The van der Waals surface area contributed by atoms with Crippen molar-refractivity contribution < 1.29 is 32.5 Å². The fraction of sp³-hybridized carbons (Fsp3) is 0.488. The Balaban J connectivity index is 1.25. The third kappa shape index (κ3) is 6.48. The Hall–Kier alpha value is -4.73. The molecular formula is C41H45F2N5O5. The van der Waals surface area contributed by atoms with Crippen molar-refractivity contribution in [3.8, 4) is 35.2 Å². The number of benzene rings is 3. The van der Waals surface area contributed by atoms with E-state index >= 15 is 4.39 Å². The molecule has 1 amide bonds. The van der Waals surface area contributed by atoms with Crippen molar-refractivity contribution in [1.29, 1.82) is 0 Å². The minimum atomic E-state index is -0.927. The smallest absolute Gasteiger partial charge is 0.410 e. The number of anilines is 1. The van der Waals surface area contributed by atoms with Crippen LogP contribution >= 0.6 is 0 Å². The van der Waals surface area contributed by atoms with Crippen LogP contribution in [-0.4, -0.2) is 102 Å². The van der Waals surface area contributed by atoms with E-state index in [0.29, 0.717) is 54.1 Å². The molecule has 8 rings (SSSR count). The number of methoxy groups -OCH3 is 1. The first-order chi connectivity index (χ1) is 25.5. The Morgan fingerprint density at radius 1 is 1.06 bits per heavy atom. The second kappa shape index (κ2) is 13.6. The average Bonchev–Trinajstić information content (AvgIpc) is 3.75. The minimum absolute atomic E-state index is 0.0123. The van der Waals surface area contributed by atoms with Gasteiger partial charge in [-0.3, -0.25) is 9.80 Å². The van der Waals surface area contributed by atoms with Gasteiger partial charge in [-0.15, -0.1) is 6.42 Å². The van der Waals surface area contributed by atoms with E-state index in [1.807, 2.05) is 56.0 Å². The fourth-order valence-electron chi connectivity index (χ4n) is 8.91. The number of aromatic nitrogens is 2. The lowest BCUT2D eigenvalue weighted by atomic mass is 9.92. The molecule has 10 nitrogen and oxygen atoms in total. The van der Waals surface area contributed by atoms with Crippen molar-refractivity contribution >= 4 is 33.6 Å². The number of piperazine rings is 1. The summed E-state index contributed by atoms with van der Waals surface area (Å²) in [5, 5.41) is 2.07. The second-order valence-corrected chi connectivity index (χ2v) is 15.8. The number of halogens is 2. The molecule has 4 atom stereocenters. The molecule has 4 aromatic rings. The summed E-state index contributed by atoms with van der Waals surface area (Å²) in [4.78, 5) is 29.1. The molecule has 0 radical (unpaired) electrons. The fourth-order valence-corrected chi connectivity index (χ4v) is 8.91. The maximum Gasteiger partial charge on any atom is 0.410 e. The summed E-state index contributed by atoms with van der Waals surface area (Å²) < 4.78 is 55.3. The Bertz CT molecular complexity index is 2100. The quantitative estimate of drug-likeness (QED) is 0.140. The number of amides is 1. The SMILES string of the molecule is C#Cc1cc2c(N3CC4CCC(C3)N4C(=O)OC(C)(C)C)nc(OC[C@@]34CCCN3C[C@H](F)C4)nc2c(F)c1-c1cc(OCOC)cc2ccccc12. The first kappa shape index (κ1) is 35.3. The molecule has 0 saturated carbocycles. The van der Waals surface area contributed by atoms with Crippen LogP contribution in [0.4, 0.5) is 19.4 Å². The number of alkyl halides is 1. The van der Waals surface area contributed by atoms with Gasteiger partial charge in [0.05, 0.1) is 17.6 Å². The van der Waals surface area contributed by atoms with Crippen molar-refractivity contribution in [3.63, 3.8) is 0 Å². The predicted molar refractivity (Wildman–Crippen MR) is 199 cm³/mol. The van der Waals surface area contributed by atoms with Gasteiger partial charge in [0.2, 0.25) is 0 Å². The molecule has 0 N–H and O–H groups in total. The van der Waals surface area contributed by atoms with Gasteiger partial charge in [-0.05, 0) is 87.5 Å². The van der Waals surface area contributed by atoms with E-state index in [4.69, 9.17) is 35.3 Å². The maximum absolute atomic E-state index is 17.5. The van der Waals surface area contributed by atoms with Crippen LogP contribution in [0.2, 0.25) is 0 Å². The van der Waals surface area contributed by atoms with Crippen LogP contribution in [0, 0.1) is 18.2 Å². The number of rotatable bonds is 8. The molecule has 12 heteroatoms. The van der Waals surface area contributed by atoms with Gasteiger partial charge in [-0.2, -0.15) is 9.97 Å². The van der Waals surface area contributed by atoms with Gasteiger partial charge >= 0.3 is 12.1 Å². The maximum atomic E-state index is 17.5. The van der Waals surface area contributed by atoms with Crippen LogP contribution in [0.1, 0.15) is 58.4 Å². The average molecular weight is 726 g/mol. The third-order valence-corrected chi connectivity index (χ3v) is 11.1. The second-order valence-electron chi connectivity index (χ2n) is 15.8. The molecule has 53 heavy (non-hydrogen) atoms. The Morgan fingerprint density at radius 2 is 1.83 bits per heavy atom. The van der Waals surface area contributed by atoms with E-state index in [9.17, 15) is 9.18 Å². The van der Waals surface area contributed by atoms with Crippen molar-refractivity contribution in [2.24, 2.45) is 0 Å². The number of fused-ring (bicyclic) bond motifs is 5. The zero-order chi connectivity index (χ0) is 37.1. The van der Waals surface area contributed by atoms with E-state index in [2.05, 4.69) is 15.7 Å².